The van der Waals surface area contributed by atoms with E-state index in [1.54, 1.807) is 20.4 Å². The lowest BCUT2D eigenvalue weighted by Crippen LogP contribution is -1.97. The standard InChI is InChI=1S/C19H20N2O2/c1-12-6-5-7-15(13(12)2)21-16-8-9-20-17-11-19(23-4)18(22-3)10-14(16)17/h5-11H,1-4H3,(H,20,21). The van der Waals surface area contributed by atoms with Crippen LogP contribution in [0.3, 0.4) is 0 Å². The molecule has 0 saturated carbocycles. The highest BCUT2D eigenvalue weighted by Gasteiger charge is 2.10. The summed E-state index contributed by atoms with van der Waals surface area (Å²) in [7, 11) is 3.26. The highest BCUT2D eigenvalue weighted by atomic mass is 16.5. The Bertz CT molecular complexity index is 859. The van der Waals surface area contributed by atoms with Gasteiger partial charge >= 0.3 is 0 Å². The molecule has 0 aliphatic rings. The second kappa shape index (κ2) is 6.16. The van der Waals surface area contributed by atoms with E-state index >= 15 is 0 Å². The highest BCUT2D eigenvalue weighted by Crippen LogP contribution is 2.35. The van der Waals surface area contributed by atoms with Gasteiger partial charge in [-0.15, -0.1) is 0 Å². The zero-order valence-electron chi connectivity index (χ0n) is 13.8. The summed E-state index contributed by atoms with van der Waals surface area (Å²) in [6, 6.07) is 12.1. The summed E-state index contributed by atoms with van der Waals surface area (Å²) < 4.78 is 10.8. The summed E-state index contributed by atoms with van der Waals surface area (Å²) in [5, 5.41) is 4.50. The molecular formula is C19H20N2O2. The number of benzene rings is 2. The molecule has 0 saturated heterocycles. The molecule has 0 fully saturated rings. The van der Waals surface area contributed by atoms with Crippen molar-refractivity contribution in [2.45, 2.75) is 13.8 Å². The smallest absolute Gasteiger partial charge is 0.162 e. The van der Waals surface area contributed by atoms with Gasteiger partial charge in [0.05, 0.1) is 19.7 Å². The predicted molar refractivity (Wildman–Crippen MR) is 94.0 cm³/mol. The maximum Gasteiger partial charge on any atom is 0.162 e. The fraction of sp³-hybridized carbons (Fsp3) is 0.211. The zero-order valence-corrected chi connectivity index (χ0v) is 13.8. The molecule has 0 amide bonds. The first kappa shape index (κ1) is 15.2. The van der Waals surface area contributed by atoms with Crippen molar-refractivity contribution < 1.29 is 9.47 Å². The van der Waals surface area contributed by atoms with Crippen molar-refractivity contribution in [3.05, 3.63) is 53.7 Å². The topological polar surface area (TPSA) is 43.4 Å². The van der Waals surface area contributed by atoms with E-state index in [-0.39, 0.29) is 0 Å². The van der Waals surface area contributed by atoms with E-state index in [1.165, 1.54) is 11.1 Å². The molecule has 1 heterocycles. The fourth-order valence-corrected chi connectivity index (χ4v) is 2.61. The lowest BCUT2D eigenvalue weighted by molar-refractivity contribution is 0.356. The summed E-state index contributed by atoms with van der Waals surface area (Å²) in [5.74, 6) is 1.37. The minimum Gasteiger partial charge on any atom is -0.493 e. The Morgan fingerprint density at radius 3 is 2.39 bits per heavy atom. The number of ether oxygens (including phenoxy) is 2. The summed E-state index contributed by atoms with van der Waals surface area (Å²) in [5.41, 5.74) is 5.43. The monoisotopic (exact) mass is 308 g/mol. The van der Waals surface area contributed by atoms with E-state index in [0.29, 0.717) is 11.5 Å². The van der Waals surface area contributed by atoms with Crippen LogP contribution in [0.5, 0.6) is 11.5 Å². The van der Waals surface area contributed by atoms with Gasteiger partial charge in [0.1, 0.15) is 0 Å². The van der Waals surface area contributed by atoms with E-state index in [1.807, 2.05) is 18.2 Å². The molecule has 0 atom stereocenters. The van der Waals surface area contributed by atoms with E-state index in [9.17, 15) is 0 Å². The van der Waals surface area contributed by atoms with Crippen molar-refractivity contribution in [1.29, 1.82) is 0 Å². The molecule has 118 valence electrons. The van der Waals surface area contributed by atoms with Crippen LogP contribution in [0.1, 0.15) is 11.1 Å². The quantitative estimate of drug-likeness (QED) is 0.764. The minimum absolute atomic E-state index is 0.677. The van der Waals surface area contributed by atoms with E-state index in [4.69, 9.17) is 9.47 Å². The molecule has 0 spiro atoms. The first-order chi connectivity index (χ1) is 11.1. The minimum atomic E-state index is 0.677. The first-order valence-corrected chi connectivity index (χ1v) is 7.48. The maximum atomic E-state index is 5.41. The Kier molecular flexibility index (Phi) is 4.06. The molecule has 0 aliphatic carbocycles. The molecular weight excluding hydrogens is 288 g/mol. The number of fused-ring (bicyclic) bond motifs is 1. The van der Waals surface area contributed by atoms with Gasteiger partial charge in [0.15, 0.2) is 11.5 Å². The van der Waals surface area contributed by atoms with Crippen LogP contribution in [0.2, 0.25) is 0 Å². The van der Waals surface area contributed by atoms with Crippen LogP contribution in [-0.4, -0.2) is 19.2 Å². The van der Waals surface area contributed by atoms with E-state index in [0.717, 1.165) is 22.3 Å². The van der Waals surface area contributed by atoms with Crippen LogP contribution >= 0.6 is 0 Å². The van der Waals surface area contributed by atoms with Crippen LogP contribution in [-0.2, 0) is 0 Å². The number of rotatable bonds is 4. The molecule has 3 aromatic rings. The van der Waals surface area contributed by atoms with E-state index < -0.39 is 0 Å². The van der Waals surface area contributed by atoms with Crippen LogP contribution < -0.4 is 14.8 Å². The third-order valence-electron chi connectivity index (χ3n) is 4.12. The molecule has 0 aliphatic heterocycles. The number of aryl methyl sites for hydroxylation is 1. The SMILES string of the molecule is COc1cc2nccc(Nc3cccc(C)c3C)c2cc1OC. The van der Waals surface area contributed by atoms with Gasteiger partial charge < -0.3 is 14.8 Å². The number of nitrogens with zero attached hydrogens (tertiary/aromatic N) is 1. The van der Waals surface area contributed by atoms with Gasteiger partial charge in [-0.05, 0) is 43.2 Å². The number of hydrogen-bond donors (Lipinski definition) is 1. The zero-order chi connectivity index (χ0) is 16.4. The Labute approximate surface area is 136 Å². The molecule has 23 heavy (non-hydrogen) atoms. The fourth-order valence-electron chi connectivity index (χ4n) is 2.61. The number of hydrogen-bond acceptors (Lipinski definition) is 4. The third-order valence-corrected chi connectivity index (χ3v) is 4.12. The normalized spacial score (nSPS) is 10.6. The van der Waals surface area contributed by atoms with Crippen molar-refractivity contribution in [2.75, 3.05) is 19.5 Å². The van der Waals surface area contributed by atoms with Crippen LogP contribution in [0.4, 0.5) is 11.4 Å². The molecule has 1 N–H and O–H groups in total. The Balaban J connectivity index is 2.12. The van der Waals surface area contributed by atoms with Crippen molar-refractivity contribution in [2.24, 2.45) is 0 Å². The predicted octanol–water partition coefficient (Wildman–Crippen LogP) is 4.61. The van der Waals surface area contributed by atoms with Gasteiger partial charge in [-0.3, -0.25) is 4.98 Å². The molecule has 4 nitrogen and oxygen atoms in total. The second-order valence-corrected chi connectivity index (χ2v) is 5.46. The van der Waals surface area contributed by atoms with Crippen LogP contribution in [0.25, 0.3) is 10.9 Å². The summed E-state index contributed by atoms with van der Waals surface area (Å²) in [6.07, 6.45) is 1.79. The number of anilines is 2. The van der Waals surface area contributed by atoms with Crippen molar-refractivity contribution >= 4 is 22.3 Å². The molecule has 0 unspecified atom stereocenters. The Morgan fingerprint density at radius 1 is 0.913 bits per heavy atom. The van der Waals surface area contributed by atoms with Crippen molar-refractivity contribution in [3.8, 4) is 11.5 Å². The van der Waals surface area contributed by atoms with Crippen molar-refractivity contribution in [1.82, 2.24) is 4.98 Å². The lowest BCUT2D eigenvalue weighted by atomic mass is 10.1. The number of pyridine rings is 1. The first-order valence-electron chi connectivity index (χ1n) is 7.48. The number of methoxy groups -OCH3 is 2. The van der Waals surface area contributed by atoms with Gasteiger partial charge in [0.2, 0.25) is 0 Å². The van der Waals surface area contributed by atoms with Gasteiger partial charge in [-0.1, -0.05) is 12.1 Å². The van der Waals surface area contributed by atoms with Gasteiger partial charge in [0.25, 0.3) is 0 Å². The van der Waals surface area contributed by atoms with E-state index in [2.05, 4.69) is 42.3 Å². The largest absolute Gasteiger partial charge is 0.493 e. The van der Waals surface area contributed by atoms with Gasteiger partial charge in [-0.2, -0.15) is 0 Å². The van der Waals surface area contributed by atoms with Gasteiger partial charge in [0, 0.05) is 29.0 Å². The maximum absolute atomic E-state index is 5.41. The average molecular weight is 308 g/mol. The number of nitrogens with one attached hydrogen (secondary N) is 1. The third kappa shape index (κ3) is 2.80. The molecule has 2 aromatic carbocycles. The molecule has 3 rings (SSSR count). The Morgan fingerprint density at radius 2 is 1.65 bits per heavy atom. The van der Waals surface area contributed by atoms with Gasteiger partial charge in [-0.25, -0.2) is 0 Å². The lowest BCUT2D eigenvalue weighted by Gasteiger charge is -2.15. The summed E-state index contributed by atoms with van der Waals surface area (Å²) in [4.78, 5) is 4.43. The summed E-state index contributed by atoms with van der Waals surface area (Å²) in [6.45, 7) is 4.23. The Hall–Kier alpha value is -2.75. The van der Waals surface area contributed by atoms with Crippen LogP contribution in [0, 0.1) is 13.8 Å². The number of aromatic nitrogens is 1. The molecule has 0 radical (unpaired) electrons. The average Bonchev–Trinajstić information content (AvgIpc) is 2.58. The summed E-state index contributed by atoms with van der Waals surface area (Å²) >= 11 is 0. The molecule has 1 aromatic heterocycles. The molecule has 0 bridgehead atoms. The molecule has 4 heteroatoms. The van der Waals surface area contributed by atoms with Crippen LogP contribution in [0.15, 0.2) is 42.6 Å². The highest BCUT2D eigenvalue weighted by molar-refractivity contribution is 5.95. The van der Waals surface area contributed by atoms with Crippen molar-refractivity contribution in [3.63, 3.8) is 0 Å². The second-order valence-electron chi connectivity index (χ2n) is 5.46.